The van der Waals surface area contributed by atoms with Crippen LogP contribution in [0.1, 0.15) is 44.4 Å². The van der Waals surface area contributed by atoms with Crippen molar-refractivity contribution in [3.05, 3.63) is 63.6 Å². The highest BCUT2D eigenvalue weighted by atomic mass is 35.5. The van der Waals surface area contributed by atoms with Crippen LogP contribution in [0.3, 0.4) is 0 Å². The number of carbonyl (C=O) groups is 1. The Morgan fingerprint density at radius 1 is 1.29 bits per heavy atom. The van der Waals surface area contributed by atoms with Gasteiger partial charge in [-0.3, -0.25) is 0 Å². The molecule has 1 fully saturated rings. The van der Waals surface area contributed by atoms with Crippen molar-refractivity contribution < 1.29 is 9.90 Å². The maximum atomic E-state index is 13.5. The molecule has 1 heterocycles. The van der Waals surface area contributed by atoms with E-state index in [-0.39, 0.29) is 29.3 Å². The van der Waals surface area contributed by atoms with Gasteiger partial charge < -0.3 is 20.2 Å². The van der Waals surface area contributed by atoms with E-state index in [9.17, 15) is 9.90 Å². The minimum absolute atomic E-state index is 0.0492. The summed E-state index contributed by atoms with van der Waals surface area (Å²) in [5, 5.41) is 13.9. The highest BCUT2D eigenvalue weighted by molar-refractivity contribution is 6.42. The van der Waals surface area contributed by atoms with Gasteiger partial charge in [0.05, 0.1) is 16.1 Å². The predicted octanol–water partition coefficient (Wildman–Crippen LogP) is 5.70. The molecule has 0 bridgehead atoms. The van der Waals surface area contributed by atoms with E-state index in [0.29, 0.717) is 16.6 Å². The second-order valence-electron chi connectivity index (χ2n) is 9.14. The molecule has 3 rings (SSSR count). The molecule has 0 aromatic heterocycles. The number of phenolic OH excluding ortho intramolecular Hbond substituents is 1. The second kappa shape index (κ2) is 9.68. The zero-order valence-electron chi connectivity index (χ0n) is 18.5. The topological polar surface area (TPSA) is 55.8 Å². The van der Waals surface area contributed by atoms with Crippen LogP contribution in [-0.2, 0) is 6.54 Å². The van der Waals surface area contributed by atoms with Crippen LogP contribution < -0.4 is 5.32 Å². The van der Waals surface area contributed by atoms with Crippen LogP contribution in [0.15, 0.2) is 42.5 Å². The highest BCUT2D eigenvalue weighted by Gasteiger charge is 2.40. The van der Waals surface area contributed by atoms with Gasteiger partial charge in [-0.15, -0.1) is 0 Å². The fourth-order valence-electron chi connectivity index (χ4n) is 4.57. The number of benzene rings is 2. The number of halogens is 2. The molecular formula is C24H31Cl2N3O2. The minimum atomic E-state index is -0.306. The lowest BCUT2D eigenvalue weighted by Gasteiger charge is -2.48. The van der Waals surface area contributed by atoms with E-state index in [0.717, 1.165) is 30.6 Å². The van der Waals surface area contributed by atoms with Crippen molar-refractivity contribution in [2.75, 3.05) is 20.1 Å². The fourth-order valence-corrected chi connectivity index (χ4v) is 5.04. The number of rotatable bonds is 5. The largest absolute Gasteiger partial charge is 0.508 e. The van der Waals surface area contributed by atoms with Crippen LogP contribution in [0.5, 0.6) is 5.75 Å². The molecule has 2 atom stereocenters. The fraction of sp³-hybridized carbons (Fsp3) is 0.458. The summed E-state index contributed by atoms with van der Waals surface area (Å²) in [4.78, 5) is 17.7. The van der Waals surface area contributed by atoms with Gasteiger partial charge in [-0.25, -0.2) is 4.79 Å². The third kappa shape index (κ3) is 5.65. The summed E-state index contributed by atoms with van der Waals surface area (Å²) < 4.78 is 0. The van der Waals surface area contributed by atoms with E-state index >= 15 is 0 Å². The number of carbonyl (C=O) groups excluding carboxylic acids is 1. The smallest absolute Gasteiger partial charge is 0.318 e. The van der Waals surface area contributed by atoms with E-state index in [4.69, 9.17) is 23.2 Å². The Kier molecular flexibility index (Phi) is 7.40. The molecule has 2 N–H and O–H groups in total. The molecular weight excluding hydrogens is 433 g/mol. The maximum Gasteiger partial charge on any atom is 0.318 e. The molecule has 0 radical (unpaired) electrons. The first-order valence-electron chi connectivity index (χ1n) is 10.6. The number of aromatic hydroxyl groups is 1. The van der Waals surface area contributed by atoms with E-state index < -0.39 is 0 Å². The standard InChI is InChI=1S/C24H31Cl2N3O2/c1-16(19-9-6-10-20(25)22(19)26)27-23(31)29(14-17-7-5-8-18(30)13-17)21-11-12-28(4)15-24(21,2)3/h5-10,13,16,21,30H,11-12,14-15H2,1-4H3,(H,27,31). The molecule has 1 aliphatic rings. The number of likely N-dealkylation sites (tertiary alicyclic amines) is 1. The van der Waals surface area contributed by atoms with Crippen molar-refractivity contribution in [2.24, 2.45) is 5.41 Å². The van der Waals surface area contributed by atoms with E-state index in [1.807, 2.05) is 30.0 Å². The number of amides is 2. The summed E-state index contributed by atoms with van der Waals surface area (Å²) in [6.45, 7) is 8.54. The normalized spacial score (nSPS) is 19.6. The van der Waals surface area contributed by atoms with Crippen molar-refractivity contribution in [1.29, 1.82) is 0 Å². The Morgan fingerprint density at radius 3 is 2.68 bits per heavy atom. The minimum Gasteiger partial charge on any atom is -0.508 e. The summed E-state index contributed by atoms with van der Waals surface area (Å²) in [6, 6.07) is 12.1. The average molecular weight is 464 g/mol. The molecule has 7 heteroatoms. The van der Waals surface area contributed by atoms with Crippen LogP contribution in [0.2, 0.25) is 10.0 Å². The van der Waals surface area contributed by atoms with Gasteiger partial charge in [-0.05, 0) is 61.7 Å². The van der Waals surface area contributed by atoms with Gasteiger partial charge in [-0.1, -0.05) is 61.3 Å². The Morgan fingerprint density at radius 2 is 2.00 bits per heavy atom. The van der Waals surface area contributed by atoms with Gasteiger partial charge in [0, 0.05) is 19.1 Å². The molecule has 1 aliphatic heterocycles. The van der Waals surface area contributed by atoms with Gasteiger partial charge in [0.2, 0.25) is 0 Å². The molecule has 1 saturated heterocycles. The molecule has 0 saturated carbocycles. The molecule has 5 nitrogen and oxygen atoms in total. The van der Waals surface area contributed by atoms with Gasteiger partial charge >= 0.3 is 6.03 Å². The lowest BCUT2D eigenvalue weighted by molar-refractivity contribution is 0.0300. The molecule has 2 unspecified atom stereocenters. The molecule has 0 aliphatic carbocycles. The Hall–Kier alpha value is -1.95. The number of phenols is 1. The number of nitrogens with zero attached hydrogens (tertiary/aromatic N) is 2. The monoisotopic (exact) mass is 463 g/mol. The third-order valence-electron chi connectivity index (χ3n) is 6.05. The van der Waals surface area contributed by atoms with Crippen LogP contribution >= 0.6 is 23.2 Å². The van der Waals surface area contributed by atoms with Crippen LogP contribution in [0.4, 0.5) is 4.79 Å². The molecule has 0 spiro atoms. The van der Waals surface area contributed by atoms with E-state index in [2.05, 4.69) is 31.1 Å². The lowest BCUT2D eigenvalue weighted by Crippen LogP contribution is -2.58. The Labute approximate surface area is 194 Å². The number of hydrogen-bond acceptors (Lipinski definition) is 3. The SMILES string of the molecule is CC(NC(=O)N(Cc1cccc(O)c1)C1CCN(C)CC1(C)C)c1cccc(Cl)c1Cl. The summed E-state index contributed by atoms with van der Waals surface area (Å²) in [7, 11) is 2.11. The van der Waals surface area contributed by atoms with Crippen LogP contribution in [0, 0.1) is 5.41 Å². The van der Waals surface area contributed by atoms with Crippen molar-refractivity contribution in [2.45, 2.75) is 45.8 Å². The lowest BCUT2D eigenvalue weighted by atomic mass is 9.78. The first-order chi connectivity index (χ1) is 14.6. The number of piperidine rings is 1. The van der Waals surface area contributed by atoms with Crippen molar-refractivity contribution >= 4 is 29.2 Å². The maximum absolute atomic E-state index is 13.5. The van der Waals surface area contributed by atoms with E-state index in [1.165, 1.54) is 0 Å². The summed E-state index contributed by atoms with van der Waals surface area (Å²) in [6.07, 6.45) is 0.877. The zero-order valence-corrected chi connectivity index (χ0v) is 20.0. The summed E-state index contributed by atoms with van der Waals surface area (Å²) in [5.41, 5.74) is 1.58. The van der Waals surface area contributed by atoms with Crippen LogP contribution in [-0.4, -0.2) is 47.1 Å². The molecule has 2 amide bonds. The van der Waals surface area contributed by atoms with Gasteiger partial charge in [0.25, 0.3) is 0 Å². The first-order valence-corrected chi connectivity index (χ1v) is 11.3. The number of urea groups is 1. The van der Waals surface area contributed by atoms with Crippen molar-refractivity contribution in [3.63, 3.8) is 0 Å². The number of nitrogens with one attached hydrogen (secondary N) is 1. The average Bonchev–Trinajstić information content (AvgIpc) is 2.68. The summed E-state index contributed by atoms with van der Waals surface area (Å²) in [5.74, 6) is 0.194. The Balaban J connectivity index is 1.87. The highest BCUT2D eigenvalue weighted by Crippen LogP contribution is 2.35. The Bertz CT molecular complexity index is 935. The zero-order chi connectivity index (χ0) is 22.8. The molecule has 2 aromatic carbocycles. The van der Waals surface area contributed by atoms with Crippen molar-refractivity contribution in [3.8, 4) is 5.75 Å². The molecule has 168 valence electrons. The second-order valence-corrected chi connectivity index (χ2v) is 9.93. The number of hydrogen-bond donors (Lipinski definition) is 2. The molecule has 2 aromatic rings. The van der Waals surface area contributed by atoms with Crippen molar-refractivity contribution in [1.82, 2.24) is 15.1 Å². The van der Waals surface area contributed by atoms with Gasteiger partial charge in [-0.2, -0.15) is 0 Å². The quantitative estimate of drug-likeness (QED) is 0.597. The van der Waals surface area contributed by atoms with Gasteiger partial charge in [0.15, 0.2) is 0 Å². The predicted molar refractivity (Wildman–Crippen MR) is 127 cm³/mol. The van der Waals surface area contributed by atoms with Crippen LogP contribution in [0.25, 0.3) is 0 Å². The molecule has 31 heavy (non-hydrogen) atoms. The third-order valence-corrected chi connectivity index (χ3v) is 6.89. The van der Waals surface area contributed by atoms with Gasteiger partial charge in [0.1, 0.15) is 5.75 Å². The first kappa shape index (κ1) is 23.7. The summed E-state index contributed by atoms with van der Waals surface area (Å²) >= 11 is 12.5. The van der Waals surface area contributed by atoms with E-state index in [1.54, 1.807) is 24.3 Å².